The molecule has 316 valence electrons. The second-order valence-corrected chi connectivity index (χ2v) is 15.8. The molecule has 2 saturated heterocycles. The molecule has 59 heavy (non-hydrogen) atoms. The summed E-state index contributed by atoms with van der Waals surface area (Å²) >= 11 is 6.63. The minimum atomic E-state index is -4.29. The van der Waals surface area contributed by atoms with Gasteiger partial charge in [-0.15, -0.1) is 0 Å². The van der Waals surface area contributed by atoms with Gasteiger partial charge in [-0.2, -0.15) is 4.98 Å². The standard InChI is InChI=1S/C38H41ClN4O15S/c1-18(44)52-16-30(56-20(3)46)35(57-21(4)47)33(49)29(55-19(2)45)14-40-59(50,51)25-11-9-23(10-12-25)22-5-7-24(8-6-22)32-26(39)13-27-37(42-32)43-38(41-27)58-31-17-54-34-28(48)15-53-36(31)34/h5-13,28-31,33-36,40,48-49H,14-17H2,1-4H3,(H,41,42,43)/t28-,29+,30-,31-,33-,34-,35-,36-/m1/s1. The summed E-state index contributed by atoms with van der Waals surface area (Å²) in [5.41, 5.74) is 3.45. The number of carbonyl (C=O) groups is 4. The van der Waals surface area contributed by atoms with Gasteiger partial charge >= 0.3 is 23.9 Å². The van der Waals surface area contributed by atoms with Crippen molar-refractivity contribution in [3.8, 4) is 28.4 Å². The van der Waals surface area contributed by atoms with Gasteiger partial charge in [-0.3, -0.25) is 19.2 Å². The number of nitrogens with one attached hydrogen (secondary N) is 2. The van der Waals surface area contributed by atoms with Crippen molar-refractivity contribution in [3.05, 3.63) is 59.6 Å². The number of benzene rings is 2. The van der Waals surface area contributed by atoms with E-state index in [4.69, 9.17) is 44.8 Å². The summed E-state index contributed by atoms with van der Waals surface area (Å²) in [7, 11) is -4.29. The molecule has 0 spiro atoms. The number of sulfonamides is 1. The molecule has 21 heteroatoms. The molecule has 4 aromatic rings. The molecule has 4 heterocycles. The van der Waals surface area contributed by atoms with Crippen LogP contribution in [0.5, 0.6) is 6.01 Å². The van der Waals surface area contributed by atoms with Crippen LogP contribution in [0.1, 0.15) is 27.7 Å². The monoisotopic (exact) mass is 860 g/mol. The molecule has 0 aliphatic carbocycles. The van der Waals surface area contributed by atoms with Crippen LogP contribution in [0.2, 0.25) is 5.02 Å². The van der Waals surface area contributed by atoms with E-state index in [2.05, 4.69) is 19.7 Å². The predicted molar refractivity (Wildman–Crippen MR) is 204 cm³/mol. The molecule has 2 aliphatic rings. The van der Waals surface area contributed by atoms with Crippen LogP contribution in [0.25, 0.3) is 33.5 Å². The Morgan fingerprint density at radius 1 is 0.847 bits per heavy atom. The van der Waals surface area contributed by atoms with Crippen LogP contribution in [0.15, 0.2) is 59.5 Å². The minimum absolute atomic E-state index is 0.168. The van der Waals surface area contributed by atoms with Gasteiger partial charge in [0.2, 0.25) is 10.0 Å². The number of nitrogens with zero attached hydrogens (tertiary/aromatic N) is 2. The Bertz CT molecular complexity index is 2290. The number of H-pyrrole nitrogens is 1. The summed E-state index contributed by atoms with van der Waals surface area (Å²) in [6.45, 7) is 3.19. The number of halogens is 1. The highest BCUT2D eigenvalue weighted by Gasteiger charge is 2.49. The van der Waals surface area contributed by atoms with Crippen LogP contribution < -0.4 is 9.46 Å². The largest absolute Gasteiger partial charge is 0.462 e. The fourth-order valence-corrected chi connectivity index (χ4v) is 7.89. The first-order valence-electron chi connectivity index (χ1n) is 18.2. The van der Waals surface area contributed by atoms with Crippen molar-refractivity contribution in [1.29, 1.82) is 0 Å². The molecule has 2 aliphatic heterocycles. The smallest absolute Gasteiger partial charge is 0.303 e. The lowest BCUT2D eigenvalue weighted by Crippen LogP contribution is -2.54. The lowest BCUT2D eigenvalue weighted by Gasteiger charge is -2.33. The average molecular weight is 861 g/mol. The maximum atomic E-state index is 13.4. The molecule has 19 nitrogen and oxygen atoms in total. The van der Waals surface area contributed by atoms with Gasteiger partial charge in [0.1, 0.15) is 37.1 Å². The molecule has 4 N–H and O–H groups in total. The normalized spacial score (nSPS) is 20.9. The first kappa shape index (κ1) is 43.4. The van der Waals surface area contributed by atoms with Gasteiger partial charge in [0, 0.05) is 33.3 Å². The number of aromatic amines is 1. The number of hydrogen-bond acceptors (Lipinski definition) is 17. The molecule has 8 atom stereocenters. The molecule has 0 saturated carbocycles. The van der Waals surface area contributed by atoms with Crippen LogP contribution in [-0.2, 0) is 57.6 Å². The van der Waals surface area contributed by atoms with Gasteiger partial charge in [0.25, 0.3) is 6.01 Å². The third-order valence-electron chi connectivity index (χ3n) is 9.25. The van der Waals surface area contributed by atoms with Crippen LogP contribution in [0.4, 0.5) is 0 Å². The van der Waals surface area contributed by atoms with E-state index < -0.39 is 95.9 Å². The molecule has 6 rings (SSSR count). The summed E-state index contributed by atoms with van der Waals surface area (Å²) in [5.74, 6) is -3.49. The number of aromatic nitrogens is 3. The van der Waals surface area contributed by atoms with E-state index in [0.29, 0.717) is 33.0 Å². The van der Waals surface area contributed by atoms with Gasteiger partial charge in [0.15, 0.2) is 24.0 Å². The predicted octanol–water partition coefficient (Wildman–Crippen LogP) is 1.85. The zero-order chi connectivity index (χ0) is 42.6. The third-order valence-corrected chi connectivity index (χ3v) is 11.0. The van der Waals surface area contributed by atoms with E-state index in [1.807, 2.05) is 0 Å². The number of rotatable bonds is 16. The molecule has 0 bridgehead atoms. The van der Waals surface area contributed by atoms with Crippen LogP contribution in [0, 0.1) is 0 Å². The molecule has 2 aromatic carbocycles. The lowest BCUT2D eigenvalue weighted by molar-refractivity contribution is -0.192. The quantitative estimate of drug-likeness (QED) is 0.0925. The Balaban J connectivity index is 1.12. The van der Waals surface area contributed by atoms with Crippen molar-refractivity contribution in [3.63, 3.8) is 0 Å². The van der Waals surface area contributed by atoms with Crippen molar-refractivity contribution in [2.24, 2.45) is 0 Å². The maximum Gasteiger partial charge on any atom is 0.303 e. The number of pyridine rings is 1. The van der Waals surface area contributed by atoms with Crippen molar-refractivity contribution in [1.82, 2.24) is 19.7 Å². The van der Waals surface area contributed by atoms with E-state index in [-0.39, 0.29) is 24.1 Å². The fraction of sp³-hybridized carbons (Fsp3) is 0.421. The lowest BCUT2D eigenvalue weighted by atomic mass is 10.0. The highest BCUT2D eigenvalue weighted by atomic mass is 35.5. The second-order valence-electron chi connectivity index (χ2n) is 13.7. The SMILES string of the molecule is CC(=O)OC[C@@H](OC(C)=O)[C@@H](OC(C)=O)[C@H](O)[C@H](CNS(=O)(=O)c1ccc(-c2ccc(-c3nc4nc(O[C@@H]5CO[C@H]6[C@@H]5OC[C@H]6O)[nH]c4cc3Cl)cc2)cc1)OC(C)=O. The Kier molecular flexibility index (Phi) is 13.5. The van der Waals surface area contributed by atoms with Crippen LogP contribution in [-0.4, -0.2) is 133 Å². The average Bonchev–Trinajstić information content (AvgIpc) is 3.89. The topological polar surface area (TPSA) is 261 Å². The summed E-state index contributed by atoms with van der Waals surface area (Å²) in [6, 6.07) is 14.9. The number of esters is 4. The van der Waals surface area contributed by atoms with E-state index in [0.717, 1.165) is 33.3 Å². The summed E-state index contributed by atoms with van der Waals surface area (Å²) in [6.07, 6.45) is -8.96. The minimum Gasteiger partial charge on any atom is -0.462 e. The zero-order valence-electron chi connectivity index (χ0n) is 32.0. The van der Waals surface area contributed by atoms with Crippen LogP contribution in [0.3, 0.4) is 0 Å². The van der Waals surface area contributed by atoms with Gasteiger partial charge < -0.3 is 48.4 Å². The molecule has 0 unspecified atom stereocenters. The Morgan fingerprint density at radius 2 is 1.44 bits per heavy atom. The highest BCUT2D eigenvalue weighted by Crippen LogP contribution is 2.33. The Hall–Kier alpha value is -5.22. The molecule has 0 radical (unpaired) electrons. The van der Waals surface area contributed by atoms with E-state index in [1.165, 1.54) is 12.1 Å². The summed E-state index contributed by atoms with van der Waals surface area (Å²) in [5, 5.41) is 21.6. The molecule has 2 aromatic heterocycles. The van der Waals surface area contributed by atoms with Gasteiger partial charge in [0.05, 0.1) is 40.9 Å². The van der Waals surface area contributed by atoms with Gasteiger partial charge in [-0.05, 0) is 29.3 Å². The summed E-state index contributed by atoms with van der Waals surface area (Å²) in [4.78, 5) is 59.2. The molecular formula is C38H41ClN4O15S. The Labute approximate surface area is 342 Å². The summed E-state index contributed by atoms with van der Waals surface area (Å²) < 4.78 is 66.6. The fourth-order valence-electron chi connectivity index (χ4n) is 6.59. The van der Waals surface area contributed by atoms with Crippen molar-refractivity contribution >= 4 is 56.7 Å². The zero-order valence-corrected chi connectivity index (χ0v) is 33.6. The number of aliphatic hydroxyl groups is 2. The van der Waals surface area contributed by atoms with Gasteiger partial charge in [-0.1, -0.05) is 48.0 Å². The number of aliphatic hydroxyl groups excluding tert-OH is 2. The number of ether oxygens (including phenoxy) is 7. The van der Waals surface area contributed by atoms with Gasteiger partial charge in [-0.25, -0.2) is 18.1 Å². The maximum absolute atomic E-state index is 13.4. The number of fused-ring (bicyclic) bond motifs is 2. The van der Waals surface area contributed by atoms with Crippen LogP contribution >= 0.6 is 11.6 Å². The molecule has 2 fully saturated rings. The van der Waals surface area contributed by atoms with E-state index in [1.54, 1.807) is 42.5 Å². The van der Waals surface area contributed by atoms with Crippen molar-refractivity contribution in [2.45, 2.75) is 81.4 Å². The Morgan fingerprint density at radius 3 is 2.07 bits per heavy atom. The first-order chi connectivity index (χ1) is 28.0. The second kappa shape index (κ2) is 18.4. The molecule has 0 amide bonds. The van der Waals surface area contributed by atoms with Crippen molar-refractivity contribution in [2.75, 3.05) is 26.4 Å². The van der Waals surface area contributed by atoms with E-state index in [9.17, 15) is 37.8 Å². The first-order valence-corrected chi connectivity index (χ1v) is 20.0. The number of carbonyl (C=O) groups excluding carboxylic acids is 4. The number of imidazole rings is 1. The highest BCUT2D eigenvalue weighted by molar-refractivity contribution is 7.89. The van der Waals surface area contributed by atoms with Crippen molar-refractivity contribution < 1.29 is 71.0 Å². The number of hydrogen-bond donors (Lipinski definition) is 4. The molecular weight excluding hydrogens is 820 g/mol. The third kappa shape index (κ3) is 10.5. The van der Waals surface area contributed by atoms with E-state index >= 15 is 0 Å².